The van der Waals surface area contributed by atoms with E-state index in [2.05, 4.69) is 99.7 Å². The molecule has 0 aromatic heterocycles. The van der Waals surface area contributed by atoms with Gasteiger partial charge in [0.2, 0.25) is 0 Å². The summed E-state index contributed by atoms with van der Waals surface area (Å²) in [4.78, 5) is 0. The standard InChI is InChI=1S/2C10H9.C2H7Si.2FH.Zr/c2*1-8-6-9-4-2-3-5-10(9)7-8;1-3-2;;;/h2*2-7H,1H3;3H,1-2H3;2*1H;/q2*-1;;;;+4/p-2. The molecule has 0 spiro atoms. The van der Waals surface area contributed by atoms with Gasteiger partial charge in [-0.3, -0.25) is 0 Å². The van der Waals surface area contributed by atoms with E-state index in [9.17, 15) is 0 Å². The van der Waals surface area contributed by atoms with E-state index in [-0.39, 0.29) is 35.6 Å². The average Bonchev–Trinajstić information content (AvgIpc) is 3.08. The second-order valence-corrected chi connectivity index (χ2v) is 7.06. The fourth-order valence-corrected chi connectivity index (χ4v) is 2.61. The molecule has 0 aliphatic carbocycles. The van der Waals surface area contributed by atoms with Gasteiger partial charge in [-0.1, -0.05) is 39.1 Å². The van der Waals surface area contributed by atoms with Crippen LogP contribution in [0.2, 0.25) is 13.1 Å². The summed E-state index contributed by atoms with van der Waals surface area (Å²) in [6.07, 6.45) is 0. The smallest absolute Gasteiger partial charge is 1.00 e. The van der Waals surface area contributed by atoms with Crippen molar-refractivity contribution in [3.63, 3.8) is 0 Å². The summed E-state index contributed by atoms with van der Waals surface area (Å²) in [7, 11) is 0.750. The Hall–Kier alpha value is -1.38. The van der Waals surface area contributed by atoms with Crippen LogP contribution in [-0.2, 0) is 26.2 Å². The minimum absolute atomic E-state index is 0. The molecule has 0 amide bonds. The minimum atomic E-state index is 0. The molecule has 0 saturated carbocycles. The maximum atomic E-state index is 2.21. The first-order valence-corrected chi connectivity index (χ1v) is 10.4. The minimum Gasteiger partial charge on any atom is -1.00 e. The summed E-state index contributed by atoms with van der Waals surface area (Å²) in [6, 6.07) is 25.7. The van der Waals surface area contributed by atoms with Crippen molar-refractivity contribution in [2.24, 2.45) is 0 Å². The van der Waals surface area contributed by atoms with Crippen LogP contribution in [0.25, 0.3) is 21.5 Å². The Morgan fingerprint density at radius 3 is 1.27 bits per heavy atom. The summed E-state index contributed by atoms with van der Waals surface area (Å²) in [6.45, 7) is 8.67. The first kappa shape index (κ1) is 26.8. The third-order valence-corrected chi connectivity index (χ3v) is 3.52. The van der Waals surface area contributed by atoms with Crippen molar-refractivity contribution in [2.45, 2.75) is 26.9 Å². The molecular formula is C22H25F2SiZr. The Balaban J connectivity index is 0. The first-order chi connectivity index (χ1) is 11.1. The van der Waals surface area contributed by atoms with E-state index in [1.807, 2.05) is 0 Å². The Labute approximate surface area is 177 Å². The monoisotopic (exact) mass is 445 g/mol. The molecule has 4 heteroatoms. The van der Waals surface area contributed by atoms with Gasteiger partial charge in [-0.05, 0) is 0 Å². The predicted molar refractivity (Wildman–Crippen MR) is 107 cm³/mol. The zero-order chi connectivity index (χ0) is 16.7. The fourth-order valence-electron chi connectivity index (χ4n) is 2.61. The molecule has 0 fully saturated rings. The number of fused-ring (bicyclic) bond motifs is 2. The average molecular weight is 447 g/mol. The number of benzene rings is 2. The largest absolute Gasteiger partial charge is 4.00 e. The van der Waals surface area contributed by atoms with Crippen LogP contribution in [0.15, 0.2) is 72.8 Å². The predicted octanol–water partition coefficient (Wildman–Crippen LogP) is 0.259. The second kappa shape index (κ2) is 13.8. The van der Waals surface area contributed by atoms with Crippen LogP contribution in [-0.4, -0.2) is 9.52 Å². The van der Waals surface area contributed by atoms with Gasteiger partial charge in [0, 0.05) is 9.52 Å². The van der Waals surface area contributed by atoms with Crippen LogP contribution in [0, 0.1) is 13.8 Å². The number of hydrogen-bond acceptors (Lipinski definition) is 0. The first-order valence-electron chi connectivity index (χ1n) is 8.12. The van der Waals surface area contributed by atoms with Crippen LogP contribution < -0.4 is 9.41 Å². The van der Waals surface area contributed by atoms with Gasteiger partial charge in [0.1, 0.15) is 0 Å². The van der Waals surface area contributed by atoms with Crippen molar-refractivity contribution in [2.75, 3.05) is 0 Å². The van der Waals surface area contributed by atoms with Gasteiger partial charge >= 0.3 is 26.2 Å². The molecule has 1 radical (unpaired) electrons. The Morgan fingerprint density at radius 1 is 0.654 bits per heavy atom. The summed E-state index contributed by atoms with van der Waals surface area (Å²) in [5.74, 6) is 0. The van der Waals surface area contributed by atoms with Gasteiger partial charge in [0.05, 0.1) is 0 Å². The fraction of sp³-hybridized carbons (Fsp3) is 0.182. The molecule has 0 saturated heterocycles. The van der Waals surface area contributed by atoms with E-state index in [0.29, 0.717) is 0 Å². The molecular weight excluding hydrogens is 422 g/mol. The van der Waals surface area contributed by atoms with Crippen molar-refractivity contribution in [3.8, 4) is 0 Å². The number of hydrogen-bond donors (Lipinski definition) is 0. The van der Waals surface area contributed by atoms with Crippen molar-refractivity contribution in [3.05, 3.63) is 83.9 Å². The van der Waals surface area contributed by atoms with E-state index in [0.717, 1.165) is 9.52 Å². The zero-order valence-electron chi connectivity index (χ0n) is 15.8. The Bertz CT molecular complexity index is 726. The Kier molecular flexibility index (Phi) is 14.2. The number of rotatable bonds is 0. The molecule has 26 heavy (non-hydrogen) atoms. The van der Waals surface area contributed by atoms with Gasteiger partial charge in [0.15, 0.2) is 0 Å². The topological polar surface area (TPSA) is 0 Å². The third-order valence-electron chi connectivity index (χ3n) is 3.52. The molecule has 135 valence electrons. The van der Waals surface area contributed by atoms with Crippen LogP contribution in [0.4, 0.5) is 0 Å². The summed E-state index contributed by atoms with van der Waals surface area (Å²) in [5, 5.41) is 5.39. The van der Waals surface area contributed by atoms with Gasteiger partial charge in [-0.25, -0.2) is 0 Å². The molecule has 0 aliphatic rings. The van der Waals surface area contributed by atoms with Gasteiger partial charge in [-0.2, -0.15) is 12.1 Å². The van der Waals surface area contributed by atoms with Gasteiger partial charge in [0.25, 0.3) is 0 Å². The van der Waals surface area contributed by atoms with Crippen LogP contribution in [0.1, 0.15) is 11.1 Å². The van der Waals surface area contributed by atoms with Crippen molar-refractivity contribution in [1.82, 2.24) is 0 Å². The molecule has 0 nitrogen and oxygen atoms in total. The van der Waals surface area contributed by atoms with Gasteiger partial charge < -0.3 is 9.41 Å². The quantitative estimate of drug-likeness (QED) is 0.269. The summed E-state index contributed by atoms with van der Waals surface area (Å²) < 4.78 is 0. The van der Waals surface area contributed by atoms with E-state index >= 15 is 0 Å². The van der Waals surface area contributed by atoms with E-state index in [1.165, 1.54) is 32.7 Å². The molecule has 0 unspecified atom stereocenters. The molecule has 0 atom stereocenters. The van der Waals surface area contributed by atoms with Crippen LogP contribution in [0.3, 0.4) is 0 Å². The molecule has 0 aliphatic heterocycles. The van der Waals surface area contributed by atoms with Crippen molar-refractivity contribution >= 4 is 31.1 Å². The molecule has 4 aromatic carbocycles. The zero-order valence-corrected chi connectivity index (χ0v) is 19.4. The van der Waals surface area contributed by atoms with E-state index in [1.54, 1.807) is 0 Å². The normalized spacial score (nSPS) is 8.77. The maximum Gasteiger partial charge on any atom is 4.00 e. The third kappa shape index (κ3) is 7.88. The number of aryl methyl sites for hydroxylation is 2. The molecule has 0 bridgehead atoms. The molecule has 0 heterocycles. The molecule has 4 aromatic rings. The van der Waals surface area contributed by atoms with E-state index < -0.39 is 0 Å². The summed E-state index contributed by atoms with van der Waals surface area (Å²) >= 11 is 0. The van der Waals surface area contributed by atoms with Gasteiger partial charge in [-0.15, -0.1) is 81.2 Å². The number of halogens is 2. The second-order valence-electron chi connectivity index (χ2n) is 5.90. The SMILES string of the molecule is C[SiH]C.Cc1cc2ccccc2[cH-]1.Cc1cc2ccccc2[cH-]1.[F-].[F-].[Zr+4]. The molecule has 0 N–H and O–H groups in total. The molecule has 4 rings (SSSR count). The van der Waals surface area contributed by atoms with Crippen molar-refractivity contribution < 1.29 is 35.6 Å². The summed E-state index contributed by atoms with van der Waals surface area (Å²) in [5.41, 5.74) is 2.70. The Morgan fingerprint density at radius 2 is 0.962 bits per heavy atom. The van der Waals surface area contributed by atoms with Crippen LogP contribution in [0.5, 0.6) is 0 Å². The van der Waals surface area contributed by atoms with E-state index in [4.69, 9.17) is 0 Å². The maximum absolute atomic E-state index is 2.21. The van der Waals surface area contributed by atoms with Crippen LogP contribution >= 0.6 is 0 Å². The van der Waals surface area contributed by atoms with Crippen molar-refractivity contribution in [1.29, 1.82) is 0 Å².